The van der Waals surface area contributed by atoms with Gasteiger partial charge in [-0.05, 0) is 49.8 Å². The summed E-state index contributed by atoms with van der Waals surface area (Å²) < 4.78 is 0. The molecule has 0 unspecified atom stereocenters. The van der Waals surface area contributed by atoms with Crippen molar-refractivity contribution in [1.82, 2.24) is 0 Å². The Labute approximate surface area is 154 Å². The predicted octanol–water partition coefficient (Wildman–Crippen LogP) is 4.86. The van der Waals surface area contributed by atoms with Gasteiger partial charge in [0.15, 0.2) is 0 Å². The van der Waals surface area contributed by atoms with Crippen molar-refractivity contribution in [3.8, 4) is 0 Å². The van der Waals surface area contributed by atoms with Crippen molar-refractivity contribution in [1.29, 1.82) is 0 Å². The Balaban J connectivity index is 2.21. The van der Waals surface area contributed by atoms with Crippen molar-refractivity contribution in [2.75, 3.05) is 15.9 Å². The lowest BCUT2D eigenvalue weighted by molar-refractivity contribution is 0.0295. The van der Waals surface area contributed by atoms with Crippen LogP contribution in [0, 0.1) is 22.3 Å². The van der Waals surface area contributed by atoms with E-state index in [0.717, 1.165) is 24.6 Å². The number of hydrogen-bond donors (Lipinski definition) is 3. The average Bonchev–Trinajstić information content (AvgIpc) is 2.65. The van der Waals surface area contributed by atoms with Gasteiger partial charge in [0, 0.05) is 17.3 Å². The molecule has 8 heteroatoms. The van der Waals surface area contributed by atoms with E-state index in [1.807, 2.05) is 0 Å². The SMILES string of the molecule is CCC(=NNc1ccc(N([O-])[O-])cc1N(O)O)[C@H](CC)C1CCCCC1. The highest BCUT2D eigenvalue weighted by molar-refractivity contribution is 5.88. The van der Waals surface area contributed by atoms with Crippen LogP contribution in [0.2, 0.25) is 0 Å². The molecule has 0 heterocycles. The molecule has 1 aromatic rings. The summed E-state index contributed by atoms with van der Waals surface area (Å²) in [5, 5.41) is 44.3. The Morgan fingerprint density at radius 3 is 2.46 bits per heavy atom. The molecule has 1 aliphatic carbocycles. The molecule has 1 aliphatic rings. The molecule has 1 aromatic carbocycles. The summed E-state index contributed by atoms with van der Waals surface area (Å²) >= 11 is 0. The quantitative estimate of drug-likeness (QED) is 0.445. The summed E-state index contributed by atoms with van der Waals surface area (Å²) in [6.07, 6.45) is 8.09. The fourth-order valence-corrected chi connectivity index (χ4v) is 3.83. The Morgan fingerprint density at radius 1 is 1.23 bits per heavy atom. The van der Waals surface area contributed by atoms with E-state index in [0.29, 0.717) is 17.5 Å². The second-order valence-electron chi connectivity index (χ2n) is 6.73. The first kappa shape index (κ1) is 20.4. The summed E-state index contributed by atoms with van der Waals surface area (Å²) in [5.74, 6) is 1.03. The maximum Gasteiger partial charge on any atom is 0.121 e. The highest BCUT2D eigenvalue weighted by Crippen LogP contribution is 2.34. The van der Waals surface area contributed by atoms with Gasteiger partial charge >= 0.3 is 0 Å². The third kappa shape index (κ3) is 5.07. The van der Waals surface area contributed by atoms with Gasteiger partial charge in [0.05, 0.1) is 5.69 Å². The maximum atomic E-state index is 10.9. The fourth-order valence-electron chi connectivity index (χ4n) is 3.83. The normalized spacial score (nSPS) is 17.1. The van der Waals surface area contributed by atoms with Gasteiger partial charge in [0.25, 0.3) is 0 Å². The van der Waals surface area contributed by atoms with Crippen LogP contribution >= 0.6 is 0 Å². The van der Waals surface area contributed by atoms with E-state index >= 15 is 0 Å². The topological polar surface area (TPSA) is 117 Å². The third-order valence-electron chi connectivity index (χ3n) is 5.18. The largest absolute Gasteiger partial charge is 0.769 e. The summed E-state index contributed by atoms with van der Waals surface area (Å²) in [6, 6.07) is 3.81. The van der Waals surface area contributed by atoms with Gasteiger partial charge in [-0.3, -0.25) is 15.8 Å². The molecule has 3 N–H and O–H groups in total. The Morgan fingerprint density at radius 2 is 1.92 bits per heavy atom. The Hall–Kier alpha value is -1.87. The average molecular weight is 364 g/mol. The van der Waals surface area contributed by atoms with Crippen LogP contribution in [0.15, 0.2) is 23.3 Å². The molecule has 26 heavy (non-hydrogen) atoms. The third-order valence-corrected chi connectivity index (χ3v) is 5.18. The number of hydrogen-bond acceptors (Lipinski definition) is 8. The van der Waals surface area contributed by atoms with E-state index in [9.17, 15) is 20.8 Å². The predicted molar refractivity (Wildman–Crippen MR) is 103 cm³/mol. The first-order chi connectivity index (χ1) is 12.5. The van der Waals surface area contributed by atoms with Crippen LogP contribution in [0.5, 0.6) is 0 Å². The lowest BCUT2D eigenvalue weighted by Crippen LogP contribution is -2.26. The van der Waals surface area contributed by atoms with Crippen LogP contribution < -0.4 is 15.9 Å². The van der Waals surface area contributed by atoms with Gasteiger partial charge < -0.3 is 15.6 Å². The van der Waals surface area contributed by atoms with Crippen molar-refractivity contribution in [2.45, 2.75) is 58.8 Å². The molecular formula is C18H28N4O4-2. The molecule has 1 atom stereocenters. The van der Waals surface area contributed by atoms with E-state index in [1.54, 1.807) is 0 Å². The molecule has 2 rings (SSSR count). The number of nitrogens with zero attached hydrogens (tertiary/aromatic N) is 3. The lowest BCUT2D eigenvalue weighted by atomic mass is 9.76. The van der Waals surface area contributed by atoms with E-state index in [-0.39, 0.29) is 16.6 Å². The zero-order chi connectivity index (χ0) is 19.1. The van der Waals surface area contributed by atoms with Crippen LogP contribution in [-0.2, 0) is 0 Å². The summed E-state index contributed by atoms with van der Waals surface area (Å²) in [5.41, 5.74) is 3.86. The first-order valence-corrected chi connectivity index (χ1v) is 9.26. The molecule has 0 aromatic heterocycles. The monoisotopic (exact) mass is 364 g/mol. The Kier molecular flexibility index (Phi) is 7.65. The van der Waals surface area contributed by atoms with Crippen molar-refractivity contribution >= 4 is 22.8 Å². The van der Waals surface area contributed by atoms with Crippen molar-refractivity contribution in [3.05, 3.63) is 28.6 Å². The highest BCUT2D eigenvalue weighted by atomic mass is 16.8. The molecular weight excluding hydrogens is 336 g/mol. The van der Waals surface area contributed by atoms with Crippen molar-refractivity contribution < 1.29 is 10.4 Å². The molecule has 0 aliphatic heterocycles. The minimum atomic E-state index is -0.590. The first-order valence-electron chi connectivity index (χ1n) is 9.26. The highest BCUT2D eigenvalue weighted by Gasteiger charge is 2.25. The van der Waals surface area contributed by atoms with E-state index in [1.165, 1.54) is 44.2 Å². The minimum absolute atomic E-state index is 0.121. The zero-order valence-electron chi connectivity index (χ0n) is 15.4. The van der Waals surface area contributed by atoms with Gasteiger partial charge in [-0.15, -0.1) is 5.23 Å². The number of anilines is 3. The van der Waals surface area contributed by atoms with Gasteiger partial charge in [-0.1, -0.05) is 33.1 Å². The van der Waals surface area contributed by atoms with Crippen molar-refractivity contribution in [3.63, 3.8) is 0 Å². The second kappa shape index (κ2) is 9.72. The van der Waals surface area contributed by atoms with E-state index in [2.05, 4.69) is 24.4 Å². The van der Waals surface area contributed by atoms with Crippen LogP contribution in [0.25, 0.3) is 0 Å². The van der Waals surface area contributed by atoms with Crippen LogP contribution in [0.4, 0.5) is 17.1 Å². The lowest BCUT2D eigenvalue weighted by Gasteiger charge is -2.38. The van der Waals surface area contributed by atoms with Crippen LogP contribution in [-0.4, -0.2) is 16.1 Å². The van der Waals surface area contributed by atoms with Gasteiger partial charge in [0.1, 0.15) is 5.69 Å². The number of benzene rings is 1. The molecule has 0 spiro atoms. The number of hydrazone groups is 1. The van der Waals surface area contributed by atoms with Crippen LogP contribution in [0.1, 0.15) is 58.8 Å². The molecule has 1 saturated carbocycles. The van der Waals surface area contributed by atoms with Crippen molar-refractivity contribution in [2.24, 2.45) is 16.9 Å². The Bertz CT molecular complexity index is 601. The van der Waals surface area contributed by atoms with Gasteiger partial charge in [-0.25, -0.2) is 0 Å². The maximum absolute atomic E-state index is 10.9. The van der Waals surface area contributed by atoms with Gasteiger partial charge in [0.2, 0.25) is 0 Å². The minimum Gasteiger partial charge on any atom is -0.769 e. The molecule has 146 valence electrons. The van der Waals surface area contributed by atoms with Crippen LogP contribution in [0.3, 0.4) is 0 Å². The molecule has 8 nitrogen and oxygen atoms in total. The molecule has 0 amide bonds. The summed E-state index contributed by atoms with van der Waals surface area (Å²) in [7, 11) is 0. The zero-order valence-corrected chi connectivity index (χ0v) is 15.4. The summed E-state index contributed by atoms with van der Waals surface area (Å²) in [6.45, 7) is 4.23. The van der Waals surface area contributed by atoms with E-state index < -0.39 is 5.23 Å². The number of rotatable bonds is 8. The van der Waals surface area contributed by atoms with E-state index in [4.69, 9.17) is 0 Å². The smallest absolute Gasteiger partial charge is 0.121 e. The number of nitrogens with one attached hydrogen (secondary N) is 1. The second-order valence-corrected chi connectivity index (χ2v) is 6.73. The van der Waals surface area contributed by atoms with Gasteiger partial charge in [-0.2, -0.15) is 5.10 Å². The molecule has 0 radical (unpaired) electrons. The molecule has 0 saturated heterocycles. The fraction of sp³-hybridized carbons (Fsp3) is 0.611. The molecule has 0 bridgehead atoms. The summed E-state index contributed by atoms with van der Waals surface area (Å²) in [4.78, 5) is 0. The standard InChI is InChI=1S/C18H28N4O4/c1-3-15(13-8-6-5-7-9-13)16(4-2)19-20-17-11-10-14(21(23)24)12-18(17)22(25)26/h10-13,15,20,25-26H,3-9H2,1-2H3/q-2/t15-/m1/s1. The molecule has 1 fully saturated rings.